The van der Waals surface area contributed by atoms with E-state index in [0.717, 1.165) is 9.80 Å². The van der Waals surface area contributed by atoms with Crippen molar-refractivity contribution >= 4 is 190 Å². The molecule has 0 aliphatic carbocycles. The minimum atomic E-state index is -2.15. The van der Waals surface area contributed by atoms with Gasteiger partial charge in [-0.15, -0.1) is 0 Å². The summed E-state index contributed by atoms with van der Waals surface area (Å²) in [6.07, 6.45) is -2.34. The van der Waals surface area contributed by atoms with E-state index in [1.165, 1.54) is 41.5 Å². The van der Waals surface area contributed by atoms with Gasteiger partial charge in [-0.05, 0) is 90.5 Å². The predicted octanol–water partition coefficient (Wildman–Crippen LogP) is 12.7. The molecule has 0 N–H and O–H groups in total. The second kappa shape index (κ2) is 35.0. The minimum absolute atomic E-state index is 0.0426. The van der Waals surface area contributed by atoms with Gasteiger partial charge in [-0.1, -0.05) is 131 Å². The lowest BCUT2D eigenvalue weighted by Crippen LogP contribution is -2.50. The Morgan fingerprint density at radius 2 is 0.547 bits per heavy atom. The fraction of sp³-hybridized carbons (Fsp3) is 0.395. The average molecular weight is 1720 g/mol. The van der Waals surface area contributed by atoms with Crippen LogP contribution >= 0.6 is 63.7 Å². The number of carbonyl (C=O) groups excluding carboxylic acids is 14. The molecule has 2 aliphatic heterocycles. The molecule has 4 amide bonds. The van der Waals surface area contributed by atoms with Crippen molar-refractivity contribution in [2.24, 2.45) is 11.8 Å². The zero-order valence-corrected chi connectivity index (χ0v) is 66.3. The van der Waals surface area contributed by atoms with E-state index in [1.54, 1.807) is 24.3 Å². The van der Waals surface area contributed by atoms with E-state index in [-0.39, 0.29) is 91.1 Å². The number of amides is 4. The van der Waals surface area contributed by atoms with Crippen molar-refractivity contribution in [2.45, 2.75) is 131 Å². The summed E-state index contributed by atoms with van der Waals surface area (Å²) in [6.45, 7) is 30.8. The van der Waals surface area contributed by atoms with E-state index < -0.39 is 185 Å². The van der Waals surface area contributed by atoms with Crippen LogP contribution in [0.25, 0.3) is 43.1 Å². The van der Waals surface area contributed by atoms with Crippen LogP contribution in [0.15, 0.2) is 115 Å². The maximum atomic E-state index is 15.2. The van der Waals surface area contributed by atoms with Gasteiger partial charge in [-0.25, -0.2) is 28.8 Å². The van der Waals surface area contributed by atoms with Gasteiger partial charge in [0.2, 0.25) is 11.2 Å². The van der Waals surface area contributed by atoms with Crippen LogP contribution < -0.4 is 0 Å². The summed E-state index contributed by atoms with van der Waals surface area (Å²) in [7, 11) is 0. The van der Waals surface area contributed by atoms with Gasteiger partial charge < -0.3 is 47.4 Å². The Balaban J connectivity index is 1.15. The third-order valence-electron chi connectivity index (χ3n) is 16.6. The molecule has 0 fully saturated rings. The summed E-state index contributed by atoms with van der Waals surface area (Å²) >= 11 is 15.1. The van der Waals surface area contributed by atoms with Gasteiger partial charge in [0.25, 0.3) is 23.6 Å². The summed E-state index contributed by atoms with van der Waals surface area (Å²) < 4.78 is 56.0. The molecule has 5 aromatic carbocycles. The second-order valence-corrected chi connectivity index (χ2v) is 30.4. The molecule has 564 valence electrons. The zero-order chi connectivity index (χ0) is 79.0. The maximum Gasteiger partial charge on any atom is 0.333 e. The number of hydrogen-bond donors (Lipinski definition) is 0. The molecule has 7 rings (SSSR count). The molecule has 0 spiro atoms. The summed E-state index contributed by atoms with van der Waals surface area (Å²) in [4.78, 5) is 193. The smallest absolute Gasteiger partial charge is 0.333 e. The van der Waals surface area contributed by atoms with E-state index in [1.807, 2.05) is 27.7 Å². The van der Waals surface area contributed by atoms with Crippen LogP contribution in [0.3, 0.4) is 0 Å². The average Bonchev–Trinajstić information content (AvgIpc) is 0.676. The lowest BCUT2D eigenvalue weighted by Gasteiger charge is -2.36. The molecule has 2 unspecified atom stereocenters. The number of nitrogens with zero attached hydrogens (tertiary/aromatic N) is 2. The topological polar surface area (TPSA) is 338 Å². The summed E-state index contributed by atoms with van der Waals surface area (Å²) in [5, 5.41) is 3.40. The lowest BCUT2D eigenvalue weighted by atomic mass is 9.81. The molecule has 5 aromatic rings. The van der Waals surface area contributed by atoms with Crippen LogP contribution in [-0.4, -0.2) is 169 Å². The molecular formula is C76H78Br4N2O24. The fourth-order valence-electron chi connectivity index (χ4n) is 11.6. The van der Waals surface area contributed by atoms with Gasteiger partial charge in [0.1, 0.15) is 52.9 Å². The minimum Gasteiger partial charge on any atom is -0.463 e. The summed E-state index contributed by atoms with van der Waals surface area (Å²) in [6, 6.07) is 4.11. The van der Waals surface area contributed by atoms with Crippen molar-refractivity contribution in [1.82, 2.24) is 9.80 Å². The second-order valence-electron chi connectivity index (χ2n) is 27.0. The largest absolute Gasteiger partial charge is 0.463 e. The first-order valence-electron chi connectivity index (χ1n) is 33.0. The third kappa shape index (κ3) is 19.1. The first kappa shape index (κ1) is 84.0. The molecule has 2 aliphatic rings. The summed E-state index contributed by atoms with van der Waals surface area (Å²) in [5.74, 6) is -13.0. The zero-order valence-electron chi connectivity index (χ0n) is 60.0. The third-order valence-corrected chi connectivity index (χ3v) is 19.1. The quantitative estimate of drug-likeness (QED) is 0.00897. The number of halogens is 4. The monoisotopic (exact) mass is 1720 g/mol. The molecule has 2 heterocycles. The van der Waals surface area contributed by atoms with Crippen molar-refractivity contribution in [3.63, 3.8) is 0 Å². The normalized spacial score (nSPS) is 13.3. The van der Waals surface area contributed by atoms with Crippen LogP contribution in [0, 0.1) is 11.8 Å². The van der Waals surface area contributed by atoms with Crippen molar-refractivity contribution < 1.29 is 114 Å². The molecule has 0 aromatic heterocycles. The number of imide groups is 2. The van der Waals surface area contributed by atoms with E-state index in [4.69, 9.17) is 47.4 Å². The van der Waals surface area contributed by atoms with E-state index in [9.17, 15) is 47.9 Å². The SMILES string of the molecule is C=C(C)C(=O)OCC(COC(=O)C(=C)C)(COC(=O)C(=C)C)OC(=O)CCC(=O)OCC(CC(C)C)N1C(=O)c2cc(Br)c3c4c(Br)cc5c6c(cc(Br)c(c7c(Br)cc(c2c37)C1=O)c64)C(=O)N(C(COC(=O)CCC(=O)OC(COC(=O)C(=C)C)(COC(=O)C(=C)C)COC(=O)C(=C)C)CC(C)C)C5=O. The Labute approximate surface area is 643 Å². The van der Waals surface area contributed by atoms with Crippen molar-refractivity contribution in [2.75, 3.05) is 52.9 Å². The number of ether oxygens (including phenoxy) is 10. The number of fused-ring (bicyclic) bond motifs is 2. The Kier molecular flexibility index (Phi) is 27.7. The van der Waals surface area contributed by atoms with Crippen LogP contribution in [-0.2, 0) is 95.3 Å². The van der Waals surface area contributed by atoms with Crippen LogP contribution in [0.5, 0.6) is 0 Å². The predicted molar refractivity (Wildman–Crippen MR) is 399 cm³/mol. The molecule has 0 saturated heterocycles. The van der Waals surface area contributed by atoms with Crippen LogP contribution in [0.4, 0.5) is 0 Å². The van der Waals surface area contributed by atoms with Crippen LogP contribution in [0.1, 0.15) is 149 Å². The van der Waals surface area contributed by atoms with Gasteiger partial charge in [0.15, 0.2) is 0 Å². The summed E-state index contributed by atoms with van der Waals surface area (Å²) in [5.41, 5.74) is -4.18. The molecule has 0 radical (unpaired) electrons. The highest BCUT2D eigenvalue weighted by Crippen LogP contribution is 2.54. The first-order chi connectivity index (χ1) is 49.6. The van der Waals surface area contributed by atoms with Gasteiger partial charge in [0.05, 0.1) is 37.8 Å². The standard InChI is InChI=1S/C76H78Br4N2O24/c1-35(2)21-43(27-97-53(83)17-19-55(85)105-75(29-99-69(91)37(5)6,30-100-70(92)38(7)8)31-101-71(93)39(9)10)81-65(87)45-23-49(77)59-61-51(79)25-47-58-48(26-52(80)62(64(58)61)60-50(78)24-46(66(81)88)57(45)63(59)60)68(90)82(67(47)89)44(22-36(3)4)28-98-54(84)18-20-56(86)106-76(32-102-72(94)40(11)12,33-103-73(95)41(13)14)34-104-74(96)42(15)16/h23-26,35-36,43-44H,5,7,9,11,13,15,17-22,27-34H2,1-4,6,8,10,12,14,16H3. The molecule has 0 bridgehead atoms. The van der Waals surface area contributed by atoms with Crippen molar-refractivity contribution in [3.05, 3.63) is 137 Å². The van der Waals surface area contributed by atoms with E-state index in [0.29, 0.717) is 50.2 Å². The molecule has 106 heavy (non-hydrogen) atoms. The van der Waals surface area contributed by atoms with E-state index in [2.05, 4.69) is 103 Å². The van der Waals surface area contributed by atoms with Crippen LogP contribution in [0.2, 0.25) is 0 Å². The molecular weight excluding hydrogens is 1640 g/mol. The lowest BCUT2D eigenvalue weighted by molar-refractivity contribution is -0.194. The molecule has 30 heteroatoms. The van der Waals surface area contributed by atoms with Gasteiger partial charge in [-0.2, -0.15) is 0 Å². The number of rotatable bonds is 36. The Morgan fingerprint density at radius 3 is 0.745 bits per heavy atom. The maximum absolute atomic E-state index is 15.2. The van der Waals surface area contributed by atoms with Gasteiger partial charge >= 0.3 is 59.7 Å². The fourth-order valence-corrected chi connectivity index (χ4v) is 14.1. The van der Waals surface area contributed by atoms with Gasteiger partial charge in [-0.3, -0.25) is 48.2 Å². The van der Waals surface area contributed by atoms with E-state index >= 15 is 19.2 Å². The molecule has 0 saturated carbocycles. The molecule has 2 atom stereocenters. The highest BCUT2D eigenvalue weighted by Gasteiger charge is 2.46. The number of benzene rings is 5. The number of carbonyl (C=O) groups is 14. The Bertz CT molecular complexity index is 4070. The number of hydrogen-bond acceptors (Lipinski definition) is 24. The first-order valence-corrected chi connectivity index (χ1v) is 36.2. The Hall–Kier alpha value is -9.26. The van der Waals surface area contributed by atoms with Crippen molar-refractivity contribution in [1.29, 1.82) is 0 Å². The van der Waals surface area contributed by atoms with Gasteiger partial charge in [0, 0.05) is 117 Å². The molecule has 26 nitrogen and oxygen atoms in total. The number of esters is 10. The van der Waals surface area contributed by atoms with Crippen molar-refractivity contribution in [3.8, 4) is 0 Å². The Morgan fingerprint density at radius 1 is 0.340 bits per heavy atom. The highest BCUT2D eigenvalue weighted by molar-refractivity contribution is 9.11. The highest BCUT2D eigenvalue weighted by atomic mass is 79.9.